The summed E-state index contributed by atoms with van der Waals surface area (Å²) in [7, 11) is 4.90. The highest BCUT2D eigenvalue weighted by Gasteiger charge is 2.32. The van der Waals surface area contributed by atoms with Crippen molar-refractivity contribution in [1.82, 2.24) is 0 Å². The maximum Gasteiger partial charge on any atom is 0.166 e. The van der Waals surface area contributed by atoms with Crippen LogP contribution in [-0.2, 0) is 6.42 Å². The minimum Gasteiger partial charge on any atom is -0.497 e. The summed E-state index contributed by atoms with van der Waals surface area (Å²) in [4.78, 5) is 13.0. The molecule has 0 spiro atoms. The van der Waals surface area contributed by atoms with Gasteiger partial charge < -0.3 is 14.2 Å². The number of Topliss-reactive ketones (excluding diaryl/α,β-unsaturated/α-hetero) is 1. The molecule has 2 atom stereocenters. The second kappa shape index (κ2) is 7.18. The molecule has 0 N–H and O–H groups in total. The monoisotopic (exact) mass is 340 g/mol. The summed E-state index contributed by atoms with van der Waals surface area (Å²) in [6.45, 7) is 2.11. The summed E-state index contributed by atoms with van der Waals surface area (Å²) < 4.78 is 16.0. The fourth-order valence-electron chi connectivity index (χ4n) is 3.63. The summed E-state index contributed by atoms with van der Waals surface area (Å²) in [5.41, 5.74) is 3.00. The minimum atomic E-state index is -0.0287. The van der Waals surface area contributed by atoms with E-state index in [4.69, 9.17) is 14.2 Å². The zero-order valence-electron chi connectivity index (χ0n) is 15.2. The molecule has 2 aromatic rings. The number of benzene rings is 2. The van der Waals surface area contributed by atoms with Gasteiger partial charge in [-0.2, -0.15) is 0 Å². The molecule has 0 aliphatic heterocycles. The van der Waals surface area contributed by atoms with E-state index in [2.05, 4.69) is 6.92 Å². The molecule has 0 saturated carbocycles. The molecule has 0 bridgehead atoms. The minimum absolute atomic E-state index is 0.0287. The van der Waals surface area contributed by atoms with Gasteiger partial charge in [-0.3, -0.25) is 4.79 Å². The van der Waals surface area contributed by atoms with E-state index < -0.39 is 0 Å². The van der Waals surface area contributed by atoms with Crippen molar-refractivity contribution in [3.05, 3.63) is 53.1 Å². The number of aryl methyl sites for hydroxylation is 1. The van der Waals surface area contributed by atoms with Gasteiger partial charge in [-0.25, -0.2) is 0 Å². The van der Waals surface area contributed by atoms with Crippen LogP contribution in [0.5, 0.6) is 17.2 Å². The Morgan fingerprint density at radius 3 is 2.40 bits per heavy atom. The highest BCUT2D eigenvalue weighted by molar-refractivity contribution is 6.00. The van der Waals surface area contributed by atoms with E-state index in [-0.39, 0.29) is 17.6 Å². The van der Waals surface area contributed by atoms with Crippen molar-refractivity contribution in [1.29, 1.82) is 0 Å². The third kappa shape index (κ3) is 3.21. The number of carbonyl (C=O) groups excluding carboxylic acids is 1. The molecular formula is C21H24O4. The smallest absolute Gasteiger partial charge is 0.166 e. The molecule has 1 aliphatic rings. The topological polar surface area (TPSA) is 44.8 Å². The van der Waals surface area contributed by atoms with E-state index in [9.17, 15) is 4.79 Å². The Kier molecular flexibility index (Phi) is 4.98. The zero-order chi connectivity index (χ0) is 18.0. The fourth-order valence-corrected chi connectivity index (χ4v) is 3.63. The van der Waals surface area contributed by atoms with Crippen LogP contribution in [0, 0.1) is 5.92 Å². The lowest BCUT2D eigenvalue weighted by Gasteiger charge is -2.29. The van der Waals surface area contributed by atoms with E-state index in [1.54, 1.807) is 21.3 Å². The molecule has 2 unspecified atom stereocenters. The molecule has 4 nitrogen and oxygen atoms in total. The van der Waals surface area contributed by atoms with Crippen molar-refractivity contribution in [2.24, 2.45) is 5.92 Å². The lowest BCUT2D eigenvalue weighted by atomic mass is 9.74. The van der Waals surface area contributed by atoms with E-state index in [0.29, 0.717) is 11.5 Å². The maximum atomic E-state index is 13.0. The Balaban J connectivity index is 1.88. The number of carbonyl (C=O) groups is 1. The molecule has 0 amide bonds. The van der Waals surface area contributed by atoms with Crippen LogP contribution in [0.3, 0.4) is 0 Å². The lowest BCUT2D eigenvalue weighted by molar-refractivity contribution is 0.0884. The van der Waals surface area contributed by atoms with Gasteiger partial charge >= 0.3 is 0 Å². The number of ether oxygens (including phenoxy) is 3. The highest BCUT2D eigenvalue weighted by atomic mass is 16.5. The van der Waals surface area contributed by atoms with Crippen molar-refractivity contribution in [2.75, 3.05) is 21.3 Å². The van der Waals surface area contributed by atoms with Gasteiger partial charge in [0, 0.05) is 11.5 Å². The lowest BCUT2D eigenvalue weighted by Crippen LogP contribution is -2.27. The van der Waals surface area contributed by atoms with Crippen molar-refractivity contribution < 1.29 is 19.0 Å². The van der Waals surface area contributed by atoms with Crippen LogP contribution in [0.2, 0.25) is 0 Å². The molecule has 132 valence electrons. The number of ketones is 1. The molecule has 0 heterocycles. The van der Waals surface area contributed by atoms with Crippen LogP contribution in [0.15, 0.2) is 36.4 Å². The van der Waals surface area contributed by atoms with Gasteiger partial charge in [-0.15, -0.1) is 0 Å². The van der Waals surface area contributed by atoms with E-state index >= 15 is 0 Å². The second-order valence-corrected chi connectivity index (χ2v) is 6.44. The Morgan fingerprint density at radius 1 is 0.960 bits per heavy atom. The van der Waals surface area contributed by atoms with Gasteiger partial charge in [0.2, 0.25) is 0 Å². The molecule has 25 heavy (non-hydrogen) atoms. The molecule has 0 aromatic heterocycles. The number of methoxy groups -OCH3 is 3. The van der Waals surface area contributed by atoms with Gasteiger partial charge in [0.15, 0.2) is 17.3 Å². The summed E-state index contributed by atoms with van der Waals surface area (Å²) >= 11 is 0. The summed E-state index contributed by atoms with van der Waals surface area (Å²) in [6, 6.07) is 11.6. The Hall–Kier alpha value is -2.49. The van der Waals surface area contributed by atoms with Crippen LogP contribution >= 0.6 is 0 Å². The normalized spacial score (nSPS) is 17.6. The predicted octanol–water partition coefficient (Wildman–Crippen LogP) is 4.26. The molecule has 4 heteroatoms. The fraction of sp³-hybridized carbons (Fsp3) is 0.381. The van der Waals surface area contributed by atoms with Crippen molar-refractivity contribution >= 4 is 5.78 Å². The zero-order valence-corrected chi connectivity index (χ0v) is 15.2. The van der Waals surface area contributed by atoms with E-state index in [0.717, 1.165) is 35.3 Å². The number of hydrogen-bond donors (Lipinski definition) is 0. The Labute approximate surface area is 148 Å². The highest BCUT2D eigenvalue weighted by Crippen LogP contribution is 2.39. The SMILES string of the molecule is COc1ccc2c(c1)CCC(C(C)c1ccc(OC)c(OC)c1)C2=O. The number of hydrogen-bond acceptors (Lipinski definition) is 4. The third-order valence-electron chi connectivity index (χ3n) is 5.18. The summed E-state index contributed by atoms with van der Waals surface area (Å²) in [5.74, 6) is 2.50. The molecule has 1 aliphatic carbocycles. The van der Waals surface area contributed by atoms with Crippen LogP contribution < -0.4 is 14.2 Å². The first kappa shape index (κ1) is 17.3. The Bertz CT molecular complexity index is 781. The van der Waals surface area contributed by atoms with E-state index in [1.165, 1.54) is 0 Å². The van der Waals surface area contributed by atoms with Crippen molar-refractivity contribution in [3.8, 4) is 17.2 Å². The van der Waals surface area contributed by atoms with Gasteiger partial charge in [-0.05, 0) is 60.2 Å². The molecule has 0 saturated heterocycles. The van der Waals surface area contributed by atoms with Crippen LogP contribution in [0.25, 0.3) is 0 Å². The molecule has 0 fully saturated rings. The van der Waals surface area contributed by atoms with Crippen LogP contribution in [0.1, 0.15) is 40.7 Å². The predicted molar refractivity (Wildman–Crippen MR) is 97.1 cm³/mol. The van der Waals surface area contributed by atoms with Gasteiger partial charge in [-0.1, -0.05) is 13.0 Å². The molecule has 2 aromatic carbocycles. The second-order valence-electron chi connectivity index (χ2n) is 6.44. The van der Waals surface area contributed by atoms with Crippen LogP contribution in [0.4, 0.5) is 0 Å². The summed E-state index contributed by atoms with van der Waals surface area (Å²) in [5, 5.41) is 0. The van der Waals surface area contributed by atoms with Gasteiger partial charge in [0.1, 0.15) is 5.75 Å². The first-order valence-corrected chi connectivity index (χ1v) is 8.52. The van der Waals surface area contributed by atoms with Crippen LogP contribution in [-0.4, -0.2) is 27.1 Å². The first-order chi connectivity index (χ1) is 12.1. The maximum absolute atomic E-state index is 13.0. The third-order valence-corrected chi connectivity index (χ3v) is 5.18. The summed E-state index contributed by atoms with van der Waals surface area (Å²) in [6.07, 6.45) is 1.73. The largest absolute Gasteiger partial charge is 0.497 e. The number of rotatable bonds is 5. The molecule has 0 radical (unpaired) electrons. The molecular weight excluding hydrogens is 316 g/mol. The average Bonchev–Trinajstić information content (AvgIpc) is 2.66. The standard InChI is InChI=1S/C21H24O4/c1-13(14-6-10-19(24-3)20(12-14)25-4)17-8-5-15-11-16(23-2)7-9-18(15)21(17)22/h6-7,9-13,17H,5,8H2,1-4H3. The van der Waals surface area contributed by atoms with E-state index in [1.807, 2.05) is 36.4 Å². The molecule has 3 rings (SSSR count). The quantitative estimate of drug-likeness (QED) is 0.816. The number of fused-ring (bicyclic) bond motifs is 1. The van der Waals surface area contributed by atoms with Gasteiger partial charge in [0.25, 0.3) is 0 Å². The Morgan fingerprint density at radius 2 is 1.72 bits per heavy atom. The van der Waals surface area contributed by atoms with Crippen molar-refractivity contribution in [2.45, 2.75) is 25.7 Å². The average molecular weight is 340 g/mol. The van der Waals surface area contributed by atoms with Crippen molar-refractivity contribution in [3.63, 3.8) is 0 Å². The van der Waals surface area contributed by atoms with Gasteiger partial charge in [0.05, 0.1) is 21.3 Å². The first-order valence-electron chi connectivity index (χ1n) is 8.52.